The van der Waals surface area contributed by atoms with Gasteiger partial charge in [0.25, 0.3) is 0 Å². The van der Waals surface area contributed by atoms with E-state index >= 15 is 0 Å². The summed E-state index contributed by atoms with van der Waals surface area (Å²) < 4.78 is 41.8. The van der Waals surface area contributed by atoms with Crippen LogP contribution < -0.4 is 10.1 Å². The average molecular weight is 383 g/mol. The van der Waals surface area contributed by atoms with E-state index < -0.39 is 6.36 Å². The van der Waals surface area contributed by atoms with Crippen LogP contribution in [0.5, 0.6) is 5.75 Å². The first kappa shape index (κ1) is 17.5. The van der Waals surface area contributed by atoms with Crippen LogP contribution in [-0.4, -0.2) is 49.2 Å². The smallest absolute Gasteiger partial charge is 0.406 e. The summed E-state index contributed by atoms with van der Waals surface area (Å²) in [6, 6.07) is 4.30. The van der Waals surface area contributed by atoms with Crippen LogP contribution in [-0.2, 0) is 0 Å². The fourth-order valence-electron chi connectivity index (χ4n) is 2.65. The normalized spacial score (nSPS) is 18.2. The van der Waals surface area contributed by atoms with Gasteiger partial charge in [0, 0.05) is 43.3 Å². The van der Waals surface area contributed by atoms with Crippen molar-refractivity contribution in [2.24, 2.45) is 0 Å². The Morgan fingerprint density at radius 3 is 2.55 bits per heavy atom. The summed E-state index contributed by atoms with van der Waals surface area (Å²) in [7, 11) is 0. The highest BCUT2D eigenvalue weighted by Crippen LogP contribution is 2.33. The molecule has 4 nitrogen and oxygen atoms in total. The van der Waals surface area contributed by atoms with Crippen molar-refractivity contribution >= 4 is 15.9 Å². The van der Waals surface area contributed by atoms with Crippen molar-refractivity contribution in [2.75, 3.05) is 32.8 Å². The van der Waals surface area contributed by atoms with Gasteiger partial charge in [-0.25, -0.2) is 0 Å². The molecular formula is C14H18BrF3N2O2. The molecule has 8 heteroatoms. The third-order valence-corrected chi connectivity index (χ3v) is 3.96. The first-order chi connectivity index (χ1) is 10.4. The van der Waals surface area contributed by atoms with Crippen molar-refractivity contribution in [1.82, 2.24) is 10.2 Å². The number of aliphatic hydroxyl groups is 1. The Balaban J connectivity index is 2.26. The Kier molecular flexibility index (Phi) is 6.08. The van der Waals surface area contributed by atoms with Gasteiger partial charge in [0.1, 0.15) is 5.75 Å². The van der Waals surface area contributed by atoms with Crippen LogP contribution in [0.15, 0.2) is 22.7 Å². The number of nitrogens with one attached hydrogen (secondary N) is 1. The minimum Gasteiger partial charge on any atom is -0.406 e. The summed E-state index contributed by atoms with van der Waals surface area (Å²) in [5, 5.41) is 12.5. The van der Waals surface area contributed by atoms with Gasteiger partial charge in [-0.05, 0) is 30.2 Å². The predicted molar refractivity (Wildman–Crippen MR) is 79.7 cm³/mol. The molecule has 22 heavy (non-hydrogen) atoms. The van der Waals surface area contributed by atoms with Gasteiger partial charge in [-0.3, -0.25) is 4.90 Å². The van der Waals surface area contributed by atoms with E-state index in [1.807, 2.05) is 0 Å². The van der Waals surface area contributed by atoms with E-state index in [0.717, 1.165) is 26.2 Å². The van der Waals surface area contributed by atoms with Crippen molar-refractivity contribution in [2.45, 2.75) is 18.8 Å². The van der Waals surface area contributed by atoms with E-state index in [1.165, 1.54) is 12.1 Å². The first-order valence-corrected chi connectivity index (χ1v) is 7.80. The van der Waals surface area contributed by atoms with Gasteiger partial charge >= 0.3 is 6.36 Å². The van der Waals surface area contributed by atoms with Crippen LogP contribution in [0, 0.1) is 0 Å². The number of hydrogen-bond donors (Lipinski definition) is 2. The molecule has 0 spiro atoms. The summed E-state index contributed by atoms with van der Waals surface area (Å²) in [5.41, 5.74) is 0.699. The molecule has 0 aliphatic carbocycles. The highest BCUT2D eigenvalue weighted by Gasteiger charge is 2.32. The summed E-state index contributed by atoms with van der Waals surface area (Å²) in [4.78, 5) is 2.16. The van der Waals surface area contributed by atoms with Gasteiger partial charge in [0.2, 0.25) is 0 Å². The van der Waals surface area contributed by atoms with Crippen molar-refractivity contribution in [3.05, 3.63) is 28.2 Å². The SMILES string of the molecule is OCC[C@H](c1cc(Br)cc(OC(F)(F)F)c1)N1CCNCC1. The van der Waals surface area contributed by atoms with Gasteiger partial charge in [-0.1, -0.05) is 15.9 Å². The van der Waals surface area contributed by atoms with Gasteiger partial charge in [0.15, 0.2) is 0 Å². The molecule has 0 unspecified atom stereocenters. The Morgan fingerprint density at radius 2 is 1.95 bits per heavy atom. The number of alkyl halides is 3. The molecule has 2 N–H and O–H groups in total. The molecule has 2 rings (SSSR count). The number of ether oxygens (including phenoxy) is 1. The highest BCUT2D eigenvalue weighted by atomic mass is 79.9. The molecular weight excluding hydrogens is 365 g/mol. The Labute approximate surface area is 135 Å². The quantitative estimate of drug-likeness (QED) is 0.821. The monoisotopic (exact) mass is 382 g/mol. The Bertz CT molecular complexity index is 493. The zero-order chi connectivity index (χ0) is 16.2. The number of rotatable bonds is 5. The largest absolute Gasteiger partial charge is 0.573 e. The average Bonchev–Trinajstić information content (AvgIpc) is 2.43. The number of aliphatic hydroxyl groups excluding tert-OH is 1. The Morgan fingerprint density at radius 1 is 1.27 bits per heavy atom. The standard InChI is InChI=1S/C14H18BrF3N2O2/c15-11-7-10(8-12(9-11)22-14(16,17)18)13(1-6-21)20-4-2-19-3-5-20/h7-9,13,19,21H,1-6H2/t13-/m1/s1. The molecule has 1 aromatic carbocycles. The molecule has 124 valence electrons. The molecule has 1 heterocycles. The minimum absolute atomic E-state index is 0.0312. The number of piperazine rings is 1. The van der Waals surface area contributed by atoms with E-state index in [0.29, 0.717) is 16.5 Å². The van der Waals surface area contributed by atoms with Crippen molar-refractivity contribution < 1.29 is 23.0 Å². The molecule has 0 saturated carbocycles. The lowest BCUT2D eigenvalue weighted by Crippen LogP contribution is -2.45. The maximum atomic E-state index is 12.4. The topological polar surface area (TPSA) is 44.7 Å². The second-order valence-electron chi connectivity index (χ2n) is 5.08. The van der Waals surface area contributed by atoms with Gasteiger partial charge in [-0.15, -0.1) is 13.2 Å². The van der Waals surface area contributed by atoms with Crippen molar-refractivity contribution in [1.29, 1.82) is 0 Å². The van der Waals surface area contributed by atoms with Gasteiger partial charge in [-0.2, -0.15) is 0 Å². The van der Waals surface area contributed by atoms with Crippen LogP contribution in [0.3, 0.4) is 0 Å². The van der Waals surface area contributed by atoms with E-state index in [2.05, 4.69) is 30.9 Å². The predicted octanol–water partition coefficient (Wildman–Crippen LogP) is 2.68. The Hall–Kier alpha value is -0.830. The van der Waals surface area contributed by atoms with E-state index in [4.69, 9.17) is 0 Å². The van der Waals surface area contributed by atoms with Crippen LogP contribution in [0.2, 0.25) is 0 Å². The molecule has 1 atom stereocenters. The fourth-order valence-corrected chi connectivity index (χ4v) is 3.14. The highest BCUT2D eigenvalue weighted by molar-refractivity contribution is 9.10. The number of benzene rings is 1. The third-order valence-electron chi connectivity index (χ3n) is 3.51. The molecule has 0 amide bonds. The maximum absolute atomic E-state index is 12.4. The maximum Gasteiger partial charge on any atom is 0.573 e. The van der Waals surface area contributed by atoms with Gasteiger partial charge < -0.3 is 15.2 Å². The third kappa shape index (κ3) is 5.12. The van der Waals surface area contributed by atoms with E-state index in [9.17, 15) is 18.3 Å². The van der Waals surface area contributed by atoms with E-state index in [-0.39, 0.29) is 18.4 Å². The minimum atomic E-state index is -4.72. The zero-order valence-electron chi connectivity index (χ0n) is 11.9. The zero-order valence-corrected chi connectivity index (χ0v) is 13.5. The molecule has 1 aliphatic rings. The number of nitrogens with zero attached hydrogens (tertiary/aromatic N) is 1. The van der Waals surface area contributed by atoms with Crippen molar-refractivity contribution in [3.8, 4) is 5.75 Å². The first-order valence-electron chi connectivity index (χ1n) is 7.01. The molecule has 1 fully saturated rings. The number of hydrogen-bond acceptors (Lipinski definition) is 4. The molecule has 1 saturated heterocycles. The summed E-state index contributed by atoms with van der Waals surface area (Å²) >= 11 is 3.22. The summed E-state index contributed by atoms with van der Waals surface area (Å²) in [5.74, 6) is -0.255. The van der Waals surface area contributed by atoms with Crippen LogP contribution in [0.1, 0.15) is 18.0 Å². The van der Waals surface area contributed by atoms with Gasteiger partial charge in [0.05, 0.1) is 0 Å². The number of halogens is 4. The van der Waals surface area contributed by atoms with Crippen LogP contribution >= 0.6 is 15.9 Å². The lowest BCUT2D eigenvalue weighted by molar-refractivity contribution is -0.274. The van der Waals surface area contributed by atoms with Crippen LogP contribution in [0.4, 0.5) is 13.2 Å². The molecule has 0 radical (unpaired) electrons. The second-order valence-corrected chi connectivity index (χ2v) is 6.00. The summed E-state index contributed by atoms with van der Waals surface area (Å²) in [6.07, 6.45) is -4.26. The molecule has 0 aromatic heterocycles. The van der Waals surface area contributed by atoms with Crippen molar-refractivity contribution in [3.63, 3.8) is 0 Å². The molecule has 0 bridgehead atoms. The van der Waals surface area contributed by atoms with E-state index in [1.54, 1.807) is 6.07 Å². The second kappa shape index (κ2) is 7.63. The fraction of sp³-hybridized carbons (Fsp3) is 0.571. The van der Waals surface area contributed by atoms with Crippen LogP contribution in [0.25, 0.3) is 0 Å². The lowest BCUT2D eigenvalue weighted by atomic mass is 10.0. The summed E-state index contributed by atoms with van der Waals surface area (Å²) in [6.45, 7) is 3.18. The molecule has 1 aromatic rings. The molecule has 1 aliphatic heterocycles. The lowest BCUT2D eigenvalue weighted by Gasteiger charge is -2.35.